The quantitative estimate of drug-likeness (QED) is 0.534. The maximum atomic E-state index is 12.2. The molecule has 2 fully saturated rings. The van der Waals surface area contributed by atoms with Gasteiger partial charge in [0, 0.05) is 36.9 Å². The molecule has 98 valence electrons. The molecule has 0 aromatic heterocycles. The van der Waals surface area contributed by atoms with E-state index >= 15 is 0 Å². The van der Waals surface area contributed by atoms with Crippen LogP contribution < -0.4 is 0 Å². The zero-order valence-corrected chi connectivity index (χ0v) is 12.0. The van der Waals surface area contributed by atoms with Crippen molar-refractivity contribution in [2.75, 3.05) is 25.1 Å². The Balaban J connectivity index is 1.76. The molecule has 1 aliphatic heterocycles. The molecule has 1 atom stereocenters. The van der Waals surface area contributed by atoms with Crippen molar-refractivity contribution in [2.24, 2.45) is 5.92 Å². The Morgan fingerprint density at radius 1 is 1.29 bits per heavy atom. The molecule has 0 radical (unpaired) electrons. The molecule has 2 aliphatic rings. The molecule has 0 bridgehead atoms. The number of hydrogen-bond acceptors (Lipinski definition) is 2. The zero-order valence-electron chi connectivity index (χ0n) is 10.4. The number of rotatable bonds is 7. The van der Waals surface area contributed by atoms with Crippen LogP contribution in [0.5, 0.6) is 0 Å². The van der Waals surface area contributed by atoms with E-state index in [1.165, 1.54) is 12.8 Å². The largest absolute Gasteiger partial charge is 0.381 e. The molecule has 1 saturated heterocycles. The topological polar surface area (TPSA) is 29.5 Å². The summed E-state index contributed by atoms with van der Waals surface area (Å²) in [6.45, 7) is 2.65. The number of carbonyl (C=O) groups excluding carboxylic acids is 1. The van der Waals surface area contributed by atoms with Crippen molar-refractivity contribution >= 4 is 21.8 Å². The lowest BCUT2D eigenvalue weighted by Crippen LogP contribution is -2.37. The first-order valence-electron chi connectivity index (χ1n) is 6.74. The van der Waals surface area contributed by atoms with Crippen LogP contribution in [-0.2, 0) is 9.53 Å². The van der Waals surface area contributed by atoms with E-state index in [1.54, 1.807) is 0 Å². The van der Waals surface area contributed by atoms with Gasteiger partial charge in [-0.3, -0.25) is 4.79 Å². The molecule has 2 rings (SSSR count). The van der Waals surface area contributed by atoms with E-state index in [-0.39, 0.29) is 0 Å². The summed E-state index contributed by atoms with van der Waals surface area (Å²) in [5, 5.41) is 1.00. The van der Waals surface area contributed by atoms with Crippen LogP contribution in [0.25, 0.3) is 0 Å². The van der Waals surface area contributed by atoms with Crippen LogP contribution in [0.1, 0.15) is 38.5 Å². The van der Waals surface area contributed by atoms with Gasteiger partial charge in [-0.15, -0.1) is 0 Å². The third-order valence-corrected chi connectivity index (χ3v) is 4.12. The summed E-state index contributed by atoms with van der Waals surface area (Å²) < 4.78 is 5.39. The van der Waals surface area contributed by atoms with E-state index in [0.717, 1.165) is 50.8 Å². The summed E-state index contributed by atoms with van der Waals surface area (Å²) in [6.07, 6.45) is 6.36. The minimum absolute atomic E-state index is 0.361. The van der Waals surface area contributed by atoms with E-state index in [0.29, 0.717) is 17.9 Å². The predicted molar refractivity (Wildman–Crippen MR) is 71.3 cm³/mol. The Morgan fingerprint density at radius 3 is 2.71 bits per heavy atom. The zero-order chi connectivity index (χ0) is 12.1. The maximum Gasteiger partial charge on any atom is 0.222 e. The molecule has 1 unspecified atom stereocenters. The third kappa shape index (κ3) is 4.25. The molecule has 1 heterocycles. The number of nitrogens with zero attached hydrogens (tertiary/aromatic N) is 1. The summed E-state index contributed by atoms with van der Waals surface area (Å²) >= 11 is 3.41. The molecule has 1 aliphatic carbocycles. The summed E-state index contributed by atoms with van der Waals surface area (Å²) in [5.74, 6) is 0.941. The Bertz CT molecular complexity index is 250. The first kappa shape index (κ1) is 13.3. The van der Waals surface area contributed by atoms with Crippen molar-refractivity contribution in [2.45, 2.75) is 44.6 Å². The number of alkyl halides is 1. The molecule has 17 heavy (non-hydrogen) atoms. The molecule has 0 spiro atoms. The second-order valence-corrected chi connectivity index (χ2v) is 5.95. The van der Waals surface area contributed by atoms with Gasteiger partial charge < -0.3 is 9.64 Å². The van der Waals surface area contributed by atoms with Crippen molar-refractivity contribution in [1.29, 1.82) is 0 Å². The number of amides is 1. The van der Waals surface area contributed by atoms with Crippen LogP contribution in [0.3, 0.4) is 0 Å². The van der Waals surface area contributed by atoms with Gasteiger partial charge in [0.25, 0.3) is 0 Å². The second kappa shape index (κ2) is 6.74. The number of hydrogen-bond donors (Lipinski definition) is 0. The molecule has 1 amide bonds. The summed E-state index contributed by atoms with van der Waals surface area (Å²) in [7, 11) is 0. The smallest absolute Gasteiger partial charge is 0.222 e. The highest BCUT2D eigenvalue weighted by Gasteiger charge is 2.34. The Kier molecular flexibility index (Phi) is 5.29. The Hall–Kier alpha value is -0.0900. The number of ether oxygens (including phenoxy) is 1. The van der Waals surface area contributed by atoms with Gasteiger partial charge in [0.2, 0.25) is 5.91 Å². The third-order valence-electron chi connectivity index (χ3n) is 3.56. The lowest BCUT2D eigenvalue weighted by molar-refractivity contribution is -0.132. The first-order valence-corrected chi connectivity index (χ1v) is 7.86. The van der Waals surface area contributed by atoms with E-state index < -0.39 is 0 Å². The van der Waals surface area contributed by atoms with Gasteiger partial charge in [0.15, 0.2) is 0 Å². The highest BCUT2D eigenvalue weighted by Crippen LogP contribution is 2.29. The fourth-order valence-electron chi connectivity index (χ4n) is 2.36. The van der Waals surface area contributed by atoms with Gasteiger partial charge in [-0.1, -0.05) is 15.9 Å². The standard InChI is InChI=1S/C13H22BrNO2/c14-7-2-1-3-13(16)15(12-4-5-12)9-11-6-8-17-10-11/h11-12H,1-10H2. The fraction of sp³-hybridized carbons (Fsp3) is 0.923. The van der Waals surface area contributed by atoms with Crippen LogP contribution in [0.15, 0.2) is 0 Å². The molecule has 3 nitrogen and oxygen atoms in total. The SMILES string of the molecule is O=C(CCCCBr)N(CC1CCOC1)C1CC1. The van der Waals surface area contributed by atoms with Crippen molar-refractivity contribution < 1.29 is 9.53 Å². The van der Waals surface area contributed by atoms with Gasteiger partial charge >= 0.3 is 0 Å². The minimum atomic E-state index is 0.361. The Labute approximate surface area is 112 Å². The van der Waals surface area contributed by atoms with Crippen molar-refractivity contribution in [1.82, 2.24) is 4.90 Å². The van der Waals surface area contributed by atoms with E-state index in [9.17, 15) is 4.79 Å². The summed E-state index contributed by atoms with van der Waals surface area (Å²) in [6, 6.07) is 0.548. The van der Waals surface area contributed by atoms with E-state index in [1.807, 2.05) is 0 Å². The number of unbranched alkanes of at least 4 members (excludes halogenated alkanes) is 1. The monoisotopic (exact) mass is 303 g/mol. The summed E-state index contributed by atoms with van der Waals surface area (Å²) in [5.41, 5.74) is 0. The highest BCUT2D eigenvalue weighted by molar-refractivity contribution is 9.09. The van der Waals surface area contributed by atoms with Gasteiger partial charge in [0.1, 0.15) is 0 Å². The molecular formula is C13H22BrNO2. The van der Waals surface area contributed by atoms with Gasteiger partial charge in [-0.25, -0.2) is 0 Å². The lowest BCUT2D eigenvalue weighted by atomic mass is 10.1. The number of carbonyl (C=O) groups is 1. The van der Waals surface area contributed by atoms with E-state index in [4.69, 9.17) is 4.74 Å². The maximum absolute atomic E-state index is 12.2. The fourth-order valence-corrected chi connectivity index (χ4v) is 2.76. The normalized spacial score (nSPS) is 23.9. The molecule has 0 aromatic carbocycles. The minimum Gasteiger partial charge on any atom is -0.381 e. The van der Waals surface area contributed by atoms with Crippen LogP contribution in [0.4, 0.5) is 0 Å². The number of halogens is 1. The average molecular weight is 304 g/mol. The molecular weight excluding hydrogens is 282 g/mol. The van der Waals surface area contributed by atoms with E-state index in [2.05, 4.69) is 20.8 Å². The van der Waals surface area contributed by atoms with Crippen molar-refractivity contribution in [3.63, 3.8) is 0 Å². The van der Waals surface area contributed by atoms with Crippen LogP contribution in [0, 0.1) is 5.92 Å². The van der Waals surface area contributed by atoms with Gasteiger partial charge in [-0.2, -0.15) is 0 Å². The first-order chi connectivity index (χ1) is 8.31. The van der Waals surface area contributed by atoms with Crippen LogP contribution in [0.2, 0.25) is 0 Å². The Morgan fingerprint density at radius 2 is 2.12 bits per heavy atom. The second-order valence-electron chi connectivity index (χ2n) is 5.15. The molecule has 1 saturated carbocycles. The average Bonchev–Trinajstić information content (AvgIpc) is 3.03. The highest BCUT2D eigenvalue weighted by atomic mass is 79.9. The van der Waals surface area contributed by atoms with Crippen molar-refractivity contribution in [3.05, 3.63) is 0 Å². The molecule has 0 N–H and O–H groups in total. The predicted octanol–water partition coefficient (Wildman–Crippen LogP) is 2.58. The van der Waals surface area contributed by atoms with Crippen LogP contribution in [-0.4, -0.2) is 41.9 Å². The molecule has 4 heteroatoms. The molecule has 0 aromatic rings. The van der Waals surface area contributed by atoms with Crippen LogP contribution >= 0.6 is 15.9 Å². The summed E-state index contributed by atoms with van der Waals surface area (Å²) in [4.78, 5) is 14.3. The van der Waals surface area contributed by atoms with Crippen molar-refractivity contribution in [3.8, 4) is 0 Å². The van der Waals surface area contributed by atoms with Gasteiger partial charge in [-0.05, 0) is 32.1 Å². The lowest BCUT2D eigenvalue weighted by Gasteiger charge is -2.25. The van der Waals surface area contributed by atoms with Gasteiger partial charge in [0.05, 0.1) is 6.61 Å².